The lowest BCUT2D eigenvalue weighted by molar-refractivity contribution is -0.140. The van der Waals surface area contributed by atoms with Crippen molar-refractivity contribution < 1.29 is 22.7 Å². The number of amides is 1. The lowest BCUT2D eigenvalue weighted by Crippen LogP contribution is -2.48. The van der Waals surface area contributed by atoms with Gasteiger partial charge in [0.15, 0.2) is 6.29 Å². The van der Waals surface area contributed by atoms with E-state index in [0.717, 1.165) is 30.6 Å². The van der Waals surface area contributed by atoms with Gasteiger partial charge in [-0.2, -0.15) is 0 Å². The van der Waals surface area contributed by atoms with Gasteiger partial charge in [0.25, 0.3) is 0 Å². The standard InChI is InChI=1S/C37H42N4O5S/c42-28-33-32-14-6-5-10-29(32)15-16-35(33)47(44,45)39-34(30-11-3-1-4-12-30)26-36(43)41-22-17-37(18-23-41,31-13-9-19-38-27-31)46-25-24-40-20-7-2-8-21-40/h1,3-6,9-16,19,27-28,34,39H,2,7-8,17-18,20-26H2. The SMILES string of the molecule is O=Cc1c(S(=O)(=O)NC(CC(=O)N2CCC(OCCN3CCCCC3)(c3cccnc3)CC2)c2ccccc2)ccc2ccccc12. The van der Waals surface area contributed by atoms with E-state index >= 15 is 0 Å². The summed E-state index contributed by atoms with van der Waals surface area (Å²) in [7, 11) is -4.18. The fourth-order valence-corrected chi connectivity index (χ4v) is 8.33. The van der Waals surface area contributed by atoms with Crippen LogP contribution in [0.1, 0.15) is 66.1 Å². The van der Waals surface area contributed by atoms with Crippen LogP contribution in [0.4, 0.5) is 0 Å². The van der Waals surface area contributed by atoms with Crippen LogP contribution in [-0.4, -0.2) is 74.7 Å². The topological polar surface area (TPSA) is 109 Å². The van der Waals surface area contributed by atoms with Gasteiger partial charge in [-0.3, -0.25) is 14.6 Å². The lowest BCUT2D eigenvalue weighted by atomic mass is 9.84. The molecule has 0 spiro atoms. The largest absolute Gasteiger partial charge is 0.369 e. The van der Waals surface area contributed by atoms with Crippen LogP contribution in [0.3, 0.4) is 0 Å². The third-order valence-electron chi connectivity index (χ3n) is 9.56. The van der Waals surface area contributed by atoms with Crippen molar-refractivity contribution in [3.8, 4) is 0 Å². The number of ether oxygens (including phenoxy) is 1. The fraction of sp³-hybridized carbons (Fsp3) is 0.378. The number of rotatable bonds is 12. The van der Waals surface area contributed by atoms with Gasteiger partial charge in [0.2, 0.25) is 15.9 Å². The van der Waals surface area contributed by atoms with Crippen LogP contribution in [0.2, 0.25) is 0 Å². The van der Waals surface area contributed by atoms with Crippen molar-refractivity contribution in [2.75, 3.05) is 39.3 Å². The molecule has 47 heavy (non-hydrogen) atoms. The number of aldehydes is 1. The van der Waals surface area contributed by atoms with Crippen molar-refractivity contribution >= 4 is 33.0 Å². The van der Waals surface area contributed by atoms with Gasteiger partial charge in [-0.25, -0.2) is 13.1 Å². The smallest absolute Gasteiger partial charge is 0.241 e. The molecule has 3 aromatic carbocycles. The van der Waals surface area contributed by atoms with E-state index in [2.05, 4.69) is 14.6 Å². The van der Waals surface area contributed by atoms with Crippen LogP contribution in [-0.2, 0) is 25.2 Å². The third kappa shape index (κ3) is 7.62. The van der Waals surface area contributed by atoms with Crippen LogP contribution in [0.5, 0.6) is 0 Å². The summed E-state index contributed by atoms with van der Waals surface area (Å²) in [6.45, 7) is 4.66. The van der Waals surface area contributed by atoms with Gasteiger partial charge in [-0.15, -0.1) is 0 Å². The summed E-state index contributed by atoms with van der Waals surface area (Å²) in [4.78, 5) is 34.5. The first-order valence-electron chi connectivity index (χ1n) is 16.5. The van der Waals surface area contributed by atoms with Crippen LogP contribution in [0.15, 0.2) is 96.2 Å². The number of hydrogen-bond acceptors (Lipinski definition) is 7. The summed E-state index contributed by atoms with van der Waals surface area (Å²) in [6.07, 6.45) is 9.11. The number of carbonyl (C=O) groups excluding carboxylic acids is 2. The fourth-order valence-electron chi connectivity index (χ4n) is 6.92. The molecule has 6 rings (SSSR count). The number of nitrogens with one attached hydrogen (secondary N) is 1. The highest BCUT2D eigenvalue weighted by atomic mass is 32.2. The summed E-state index contributed by atoms with van der Waals surface area (Å²) in [5, 5.41) is 1.33. The van der Waals surface area contributed by atoms with Crippen molar-refractivity contribution in [3.63, 3.8) is 0 Å². The first-order valence-corrected chi connectivity index (χ1v) is 18.0. The van der Waals surface area contributed by atoms with Crippen molar-refractivity contribution in [1.82, 2.24) is 19.5 Å². The number of hydrogen-bond donors (Lipinski definition) is 1. The molecular weight excluding hydrogens is 612 g/mol. The van der Waals surface area contributed by atoms with E-state index < -0.39 is 21.7 Å². The number of aromatic nitrogens is 1. The Balaban J connectivity index is 1.18. The first-order chi connectivity index (χ1) is 22.9. The summed E-state index contributed by atoms with van der Waals surface area (Å²) in [5.74, 6) is -0.149. The summed E-state index contributed by atoms with van der Waals surface area (Å²) in [5.41, 5.74) is 1.24. The van der Waals surface area contributed by atoms with E-state index in [9.17, 15) is 18.0 Å². The highest BCUT2D eigenvalue weighted by molar-refractivity contribution is 7.89. The molecule has 0 radical (unpaired) electrons. The molecule has 246 valence electrons. The molecule has 1 amide bonds. The molecule has 3 heterocycles. The van der Waals surface area contributed by atoms with E-state index in [-0.39, 0.29) is 22.8 Å². The minimum atomic E-state index is -4.18. The van der Waals surface area contributed by atoms with Gasteiger partial charge in [0.05, 0.1) is 23.1 Å². The monoisotopic (exact) mass is 654 g/mol. The van der Waals surface area contributed by atoms with E-state index in [1.54, 1.807) is 41.4 Å². The zero-order chi connectivity index (χ0) is 32.7. The minimum absolute atomic E-state index is 0.0665. The molecule has 1 unspecified atom stereocenters. The maximum atomic E-state index is 13.8. The van der Waals surface area contributed by atoms with Crippen LogP contribution >= 0.6 is 0 Å². The van der Waals surface area contributed by atoms with Gasteiger partial charge < -0.3 is 14.5 Å². The quantitative estimate of drug-likeness (QED) is 0.202. The van der Waals surface area contributed by atoms with E-state index in [1.165, 1.54) is 25.3 Å². The molecule has 10 heteroatoms. The predicted molar refractivity (Wildman–Crippen MR) is 181 cm³/mol. The summed E-state index contributed by atoms with van der Waals surface area (Å²) < 4.78 is 37.1. The number of fused-ring (bicyclic) bond motifs is 1. The Morgan fingerprint density at radius 1 is 0.915 bits per heavy atom. The summed E-state index contributed by atoms with van der Waals surface area (Å²) in [6, 6.07) is 22.5. The molecule has 0 saturated carbocycles. The molecular formula is C37H42N4O5S. The zero-order valence-electron chi connectivity index (χ0n) is 26.6. The maximum Gasteiger partial charge on any atom is 0.241 e. The summed E-state index contributed by atoms with van der Waals surface area (Å²) >= 11 is 0. The second kappa shape index (κ2) is 14.9. The van der Waals surface area contributed by atoms with Gasteiger partial charge in [-0.1, -0.05) is 73.2 Å². The lowest BCUT2D eigenvalue weighted by Gasteiger charge is -2.42. The normalized spacial score (nSPS) is 17.7. The van der Waals surface area contributed by atoms with E-state index in [0.29, 0.717) is 49.8 Å². The van der Waals surface area contributed by atoms with E-state index in [4.69, 9.17) is 4.74 Å². The average Bonchev–Trinajstić information content (AvgIpc) is 3.12. The predicted octanol–water partition coefficient (Wildman–Crippen LogP) is 5.48. The van der Waals surface area contributed by atoms with Crippen molar-refractivity contribution in [2.45, 2.75) is 55.1 Å². The first kappa shape index (κ1) is 33.0. The molecule has 2 aliphatic rings. The molecule has 4 aromatic rings. The highest BCUT2D eigenvalue weighted by Crippen LogP contribution is 2.37. The van der Waals surface area contributed by atoms with Gasteiger partial charge >= 0.3 is 0 Å². The molecule has 2 fully saturated rings. The molecule has 2 saturated heterocycles. The van der Waals surface area contributed by atoms with Gasteiger partial charge in [0, 0.05) is 49.6 Å². The van der Waals surface area contributed by atoms with Gasteiger partial charge in [0.1, 0.15) is 0 Å². The Morgan fingerprint density at radius 2 is 1.66 bits per heavy atom. The van der Waals surface area contributed by atoms with E-state index in [1.807, 2.05) is 48.7 Å². The van der Waals surface area contributed by atoms with Crippen molar-refractivity contribution in [1.29, 1.82) is 0 Å². The Morgan fingerprint density at radius 3 is 2.38 bits per heavy atom. The Kier molecular flexibility index (Phi) is 10.4. The second-order valence-electron chi connectivity index (χ2n) is 12.5. The third-order valence-corrected chi connectivity index (χ3v) is 11.1. The van der Waals surface area contributed by atoms with Gasteiger partial charge in [-0.05, 0) is 67.2 Å². The maximum absolute atomic E-state index is 13.8. The molecule has 9 nitrogen and oxygen atoms in total. The van der Waals surface area contributed by atoms with Crippen LogP contribution in [0, 0.1) is 0 Å². The van der Waals surface area contributed by atoms with Crippen LogP contribution in [0.25, 0.3) is 10.8 Å². The molecule has 1 aromatic heterocycles. The molecule has 2 aliphatic heterocycles. The molecule has 1 N–H and O–H groups in total. The molecule has 0 aliphatic carbocycles. The van der Waals surface area contributed by atoms with Crippen LogP contribution < -0.4 is 4.72 Å². The second-order valence-corrected chi connectivity index (χ2v) is 14.2. The average molecular weight is 655 g/mol. The molecule has 0 bridgehead atoms. The Bertz CT molecular complexity index is 1770. The molecule has 1 atom stereocenters. The number of benzene rings is 3. The zero-order valence-corrected chi connectivity index (χ0v) is 27.4. The minimum Gasteiger partial charge on any atom is -0.369 e. The number of pyridine rings is 1. The number of likely N-dealkylation sites (tertiary alicyclic amines) is 2. The number of piperidine rings is 2. The van der Waals surface area contributed by atoms with Crippen molar-refractivity contribution in [3.05, 3.63) is 108 Å². The highest BCUT2D eigenvalue weighted by Gasteiger charge is 2.39. The van der Waals surface area contributed by atoms with Crippen molar-refractivity contribution in [2.24, 2.45) is 0 Å². The number of sulfonamides is 1. The Hall–Kier alpha value is -3.96. The Labute approximate surface area is 277 Å². The number of nitrogens with zero attached hydrogens (tertiary/aromatic N) is 3. The number of carbonyl (C=O) groups is 2.